The average molecular weight is 533 g/mol. The van der Waals surface area contributed by atoms with Gasteiger partial charge < -0.3 is 14.8 Å². The van der Waals surface area contributed by atoms with Crippen LogP contribution in [0, 0.1) is 5.41 Å². The molecule has 38 heavy (non-hydrogen) atoms. The molecule has 7 nitrogen and oxygen atoms in total. The number of hydrogen-bond acceptors (Lipinski definition) is 6. The Labute approximate surface area is 226 Å². The number of nitrogens with one attached hydrogen (secondary N) is 1. The van der Waals surface area contributed by atoms with Crippen LogP contribution in [0.2, 0.25) is 0 Å². The van der Waals surface area contributed by atoms with Gasteiger partial charge in [-0.3, -0.25) is 14.5 Å². The minimum absolute atomic E-state index is 0.118. The minimum atomic E-state index is -0.636. The molecule has 2 heterocycles. The van der Waals surface area contributed by atoms with Gasteiger partial charge in [0.2, 0.25) is 5.91 Å². The van der Waals surface area contributed by atoms with Crippen molar-refractivity contribution < 1.29 is 23.9 Å². The second-order valence-corrected chi connectivity index (χ2v) is 11.9. The standard InChI is InChI=1S/C30H32N2O5S/c1-36-21-12-10-20(11-13-21)18-37-29(35)25-22-17-30(14-6-3-7-15-30)26(22)38-28-24(27(34)32(25)28)31-23(33)16-19-8-4-2-5-9-19/h2,4-5,8-13,24,26,28H,3,6-7,14-18H2,1H3,(H,31,33)/t24-,26-,28-/m1/s1. The molecule has 2 amide bonds. The monoisotopic (exact) mass is 532 g/mol. The van der Waals surface area contributed by atoms with E-state index < -0.39 is 12.0 Å². The number of thioether (sulfide) groups is 1. The van der Waals surface area contributed by atoms with E-state index in [4.69, 9.17) is 9.47 Å². The lowest BCUT2D eigenvalue weighted by Crippen LogP contribution is -2.73. The number of carbonyl (C=O) groups excluding carboxylic acids is 3. The Morgan fingerprint density at radius 3 is 2.47 bits per heavy atom. The Balaban J connectivity index is 1.20. The molecule has 0 aromatic heterocycles. The lowest BCUT2D eigenvalue weighted by Gasteiger charge is -2.61. The number of nitrogens with zero attached hydrogens (tertiary/aromatic N) is 1. The fraction of sp³-hybridized carbons (Fsp3) is 0.433. The Morgan fingerprint density at radius 2 is 1.76 bits per heavy atom. The van der Waals surface area contributed by atoms with Crippen LogP contribution in [0.25, 0.3) is 0 Å². The normalized spacial score (nSPS) is 25.0. The van der Waals surface area contributed by atoms with Crippen molar-refractivity contribution in [3.63, 3.8) is 0 Å². The fourth-order valence-electron chi connectivity index (χ4n) is 6.37. The topological polar surface area (TPSA) is 84.9 Å². The van der Waals surface area contributed by atoms with Crippen molar-refractivity contribution in [1.29, 1.82) is 0 Å². The lowest BCUT2D eigenvalue weighted by atomic mass is 9.57. The number of rotatable bonds is 7. The van der Waals surface area contributed by atoms with Gasteiger partial charge in [0, 0.05) is 5.25 Å². The predicted octanol–water partition coefficient (Wildman–Crippen LogP) is 4.36. The summed E-state index contributed by atoms with van der Waals surface area (Å²) < 4.78 is 10.9. The molecule has 2 saturated carbocycles. The van der Waals surface area contributed by atoms with Gasteiger partial charge in [0.1, 0.15) is 29.5 Å². The third-order valence-corrected chi connectivity index (χ3v) is 10.2. The SMILES string of the molecule is COc1ccc(COC(=O)C2=C3CC4(CCCCC4)[C@@H]3S[C@@H]3[C@H](NC(=O)Cc4ccccc4)C(=O)N23)cc1. The van der Waals surface area contributed by atoms with Crippen LogP contribution in [-0.4, -0.2) is 46.5 Å². The molecule has 1 N–H and O–H groups in total. The summed E-state index contributed by atoms with van der Waals surface area (Å²) in [5.41, 5.74) is 3.37. The van der Waals surface area contributed by atoms with E-state index in [1.165, 1.54) is 19.3 Å². The minimum Gasteiger partial charge on any atom is -0.497 e. The maximum absolute atomic E-state index is 13.5. The first-order chi connectivity index (χ1) is 18.5. The molecular formula is C30H32N2O5S. The molecular weight excluding hydrogens is 500 g/mol. The van der Waals surface area contributed by atoms with E-state index in [1.807, 2.05) is 54.6 Å². The van der Waals surface area contributed by atoms with Crippen LogP contribution >= 0.6 is 11.8 Å². The van der Waals surface area contributed by atoms with Gasteiger partial charge in [-0.15, -0.1) is 11.8 Å². The highest BCUT2D eigenvalue weighted by molar-refractivity contribution is 8.01. The van der Waals surface area contributed by atoms with Gasteiger partial charge in [-0.25, -0.2) is 4.79 Å². The fourth-order valence-corrected chi connectivity index (χ4v) is 8.29. The zero-order valence-corrected chi connectivity index (χ0v) is 22.3. The van der Waals surface area contributed by atoms with Crippen LogP contribution in [0.3, 0.4) is 0 Å². The number of fused-ring (bicyclic) bond motifs is 3. The Morgan fingerprint density at radius 1 is 1.03 bits per heavy atom. The number of esters is 1. The summed E-state index contributed by atoms with van der Waals surface area (Å²) in [6.07, 6.45) is 7.01. The number of β-lactam (4-membered cyclic amide) rings is 1. The zero-order valence-electron chi connectivity index (χ0n) is 21.5. The van der Waals surface area contributed by atoms with Crippen molar-refractivity contribution >= 4 is 29.5 Å². The molecule has 2 aliphatic carbocycles. The van der Waals surface area contributed by atoms with E-state index in [1.54, 1.807) is 23.8 Å². The van der Waals surface area contributed by atoms with Crippen molar-refractivity contribution in [2.75, 3.05) is 7.11 Å². The molecule has 0 unspecified atom stereocenters. The molecule has 3 fully saturated rings. The smallest absolute Gasteiger partial charge is 0.355 e. The van der Waals surface area contributed by atoms with Gasteiger partial charge in [0.15, 0.2) is 0 Å². The molecule has 1 saturated heterocycles. The van der Waals surface area contributed by atoms with Gasteiger partial charge in [0.25, 0.3) is 5.91 Å². The average Bonchev–Trinajstić information content (AvgIpc) is 2.95. The van der Waals surface area contributed by atoms with Crippen molar-refractivity contribution in [3.05, 3.63) is 77.0 Å². The summed E-state index contributed by atoms with van der Waals surface area (Å²) in [4.78, 5) is 41.2. The molecule has 2 aromatic carbocycles. The van der Waals surface area contributed by atoms with Gasteiger partial charge in [-0.1, -0.05) is 61.7 Å². The number of ether oxygens (including phenoxy) is 2. The van der Waals surface area contributed by atoms with E-state index in [0.717, 1.165) is 41.7 Å². The Hall–Kier alpha value is -3.26. The first kappa shape index (κ1) is 25.0. The van der Waals surface area contributed by atoms with Gasteiger partial charge >= 0.3 is 5.97 Å². The number of benzene rings is 2. The Kier molecular flexibility index (Phi) is 6.68. The first-order valence-corrected chi connectivity index (χ1v) is 14.3. The molecule has 0 bridgehead atoms. The van der Waals surface area contributed by atoms with Gasteiger partial charge in [0.05, 0.1) is 13.5 Å². The summed E-state index contributed by atoms with van der Waals surface area (Å²) in [5.74, 6) is -0.150. The number of amides is 2. The highest BCUT2D eigenvalue weighted by Crippen LogP contribution is 2.64. The molecule has 3 atom stereocenters. The van der Waals surface area contributed by atoms with Gasteiger partial charge in [-0.05, 0) is 53.5 Å². The highest BCUT2D eigenvalue weighted by Gasteiger charge is 2.63. The van der Waals surface area contributed by atoms with E-state index in [0.29, 0.717) is 5.70 Å². The van der Waals surface area contributed by atoms with E-state index in [2.05, 4.69) is 5.32 Å². The number of methoxy groups -OCH3 is 1. The Bertz CT molecular complexity index is 1270. The maximum Gasteiger partial charge on any atom is 0.355 e. The molecule has 0 radical (unpaired) electrons. The summed E-state index contributed by atoms with van der Waals surface area (Å²) in [5, 5.41) is 2.85. The third kappa shape index (κ3) is 4.38. The second-order valence-electron chi connectivity index (χ2n) is 10.7. The van der Waals surface area contributed by atoms with Crippen LogP contribution in [0.1, 0.15) is 49.7 Å². The molecule has 2 aromatic rings. The van der Waals surface area contributed by atoms with Crippen molar-refractivity contribution in [2.24, 2.45) is 5.41 Å². The van der Waals surface area contributed by atoms with E-state index >= 15 is 0 Å². The molecule has 6 rings (SSSR count). The second kappa shape index (κ2) is 10.1. The van der Waals surface area contributed by atoms with Crippen LogP contribution in [0.5, 0.6) is 5.75 Å². The molecule has 1 spiro atoms. The van der Waals surface area contributed by atoms with Crippen LogP contribution in [-0.2, 0) is 32.1 Å². The van der Waals surface area contributed by atoms with E-state index in [-0.39, 0.29) is 40.9 Å². The molecule has 198 valence electrons. The number of hydrogen-bond donors (Lipinski definition) is 1. The van der Waals surface area contributed by atoms with Gasteiger partial charge in [-0.2, -0.15) is 0 Å². The van der Waals surface area contributed by atoms with E-state index in [9.17, 15) is 14.4 Å². The summed E-state index contributed by atoms with van der Waals surface area (Å²) in [6.45, 7) is 0.118. The molecule has 2 aliphatic heterocycles. The largest absolute Gasteiger partial charge is 0.497 e. The zero-order chi connectivity index (χ0) is 26.3. The van der Waals surface area contributed by atoms with Crippen LogP contribution in [0.4, 0.5) is 0 Å². The maximum atomic E-state index is 13.5. The lowest BCUT2D eigenvalue weighted by molar-refractivity contribution is -0.154. The predicted molar refractivity (Wildman–Crippen MR) is 144 cm³/mol. The van der Waals surface area contributed by atoms with Crippen molar-refractivity contribution in [2.45, 2.75) is 68.2 Å². The summed E-state index contributed by atoms with van der Waals surface area (Å²) in [7, 11) is 1.61. The summed E-state index contributed by atoms with van der Waals surface area (Å²) in [6, 6.07) is 16.2. The third-order valence-electron chi connectivity index (χ3n) is 8.37. The van der Waals surface area contributed by atoms with Crippen LogP contribution in [0.15, 0.2) is 65.9 Å². The quantitative estimate of drug-likeness (QED) is 0.422. The highest BCUT2D eigenvalue weighted by atomic mass is 32.2. The van der Waals surface area contributed by atoms with Crippen LogP contribution < -0.4 is 10.1 Å². The number of carbonyl (C=O) groups is 3. The van der Waals surface area contributed by atoms with Crippen molar-refractivity contribution in [1.82, 2.24) is 10.2 Å². The first-order valence-electron chi connectivity index (χ1n) is 13.3. The molecule has 4 aliphatic rings. The molecule has 8 heteroatoms. The van der Waals surface area contributed by atoms with Crippen molar-refractivity contribution in [3.8, 4) is 5.75 Å². The summed E-state index contributed by atoms with van der Waals surface area (Å²) >= 11 is 1.75.